The summed E-state index contributed by atoms with van der Waals surface area (Å²) in [6.07, 6.45) is -0.727. The zero-order chi connectivity index (χ0) is 22.7. The molecule has 3 aromatic carbocycles. The standard InChI is InChI=1S/C27H27NO4/c1-19-7-5-10-21(15-19)22-11-6-12-23(16-22)25(30)28-14-13-27(26(31)32,24(29)18-28)17-20-8-3-2-4-9-20/h2-12,15-16,24,29H,13-14,17-18H2,1H3,(H,31,32)/t24-,27+/m0/s1. The molecule has 1 amide bonds. The number of aryl methyl sites for hydroxylation is 1. The maximum Gasteiger partial charge on any atom is 0.312 e. The Kier molecular flexibility index (Phi) is 6.10. The van der Waals surface area contributed by atoms with Gasteiger partial charge in [0.05, 0.1) is 6.10 Å². The van der Waals surface area contributed by atoms with Crippen molar-refractivity contribution in [1.82, 2.24) is 4.90 Å². The van der Waals surface area contributed by atoms with E-state index in [0.29, 0.717) is 5.56 Å². The molecule has 0 bridgehead atoms. The van der Waals surface area contributed by atoms with Gasteiger partial charge in [0.25, 0.3) is 5.91 Å². The van der Waals surface area contributed by atoms with Crippen LogP contribution >= 0.6 is 0 Å². The summed E-state index contributed by atoms with van der Waals surface area (Å²) in [5, 5.41) is 20.9. The van der Waals surface area contributed by atoms with Gasteiger partial charge in [-0.05, 0) is 48.6 Å². The minimum absolute atomic E-state index is 0.00730. The second kappa shape index (κ2) is 8.97. The average molecular weight is 430 g/mol. The third-order valence-electron chi connectivity index (χ3n) is 6.40. The second-order valence-electron chi connectivity index (χ2n) is 8.59. The molecule has 0 saturated carbocycles. The van der Waals surface area contributed by atoms with Crippen LogP contribution in [0.4, 0.5) is 0 Å². The largest absolute Gasteiger partial charge is 0.481 e. The Bertz CT molecular complexity index is 1130. The molecule has 1 aliphatic rings. The molecule has 1 aliphatic heterocycles. The summed E-state index contributed by atoms with van der Waals surface area (Å²) >= 11 is 0. The Labute approximate surface area is 187 Å². The Morgan fingerprint density at radius 3 is 2.31 bits per heavy atom. The normalized spacial score (nSPS) is 20.7. The molecule has 1 fully saturated rings. The number of aliphatic hydroxyl groups excluding tert-OH is 1. The molecular formula is C27H27NO4. The lowest BCUT2D eigenvalue weighted by atomic mass is 9.71. The molecule has 1 heterocycles. The van der Waals surface area contributed by atoms with Crippen LogP contribution in [0, 0.1) is 12.3 Å². The van der Waals surface area contributed by atoms with Crippen molar-refractivity contribution in [3.63, 3.8) is 0 Å². The highest BCUT2D eigenvalue weighted by Crippen LogP contribution is 2.36. The van der Waals surface area contributed by atoms with Gasteiger partial charge >= 0.3 is 5.97 Å². The molecule has 32 heavy (non-hydrogen) atoms. The molecule has 164 valence electrons. The number of rotatable bonds is 5. The number of carbonyl (C=O) groups excluding carboxylic acids is 1. The summed E-state index contributed by atoms with van der Waals surface area (Å²) in [7, 11) is 0. The van der Waals surface area contributed by atoms with Gasteiger partial charge < -0.3 is 15.1 Å². The highest BCUT2D eigenvalue weighted by atomic mass is 16.4. The third kappa shape index (κ3) is 4.30. The van der Waals surface area contributed by atoms with Gasteiger partial charge in [0.1, 0.15) is 5.41 Å². The number of hydrogen-bond donors (Lipinski definition) is 2. The van der Waals surface area contributed by atoms with Crippen molar-refractivity contribution < 1.29 is 19.8 Å². The average Bonchev–Trinajstić information content (AvgIpc) is 2.80. The Hall–Kier alpha value is -3.44. The van der Waals surface area contributed by atoms with Gasteiger partial charge in [0.2, 0.25) is 0 Å². The summed E-state index contributed by atoms with van der Waals surface area (Å²) in [6.45, 7) is 2.30. The van der Waals surface area contributed by atoms with Crippen molar-refractivity contribution >= 4 is 11.9 Å². The lowest BCUT2D eigenvalue weighted by molar-refractivity contribution is -0.161. The number of aliphatic hydroxyl groups is 1. The van der Waals surface area contributed by atoms with E-state index in [4.69, 9.17) is 0 Å². The molecule has 5 heteroatoms. The lowest BCUT2D eigenvalue weighted by Gasteiger charge is -2.43. The minimum atomic E-state index is -1.30. The number of benzene rings is 3. The fraction of sp³-hybridized carbons (Fsp3) is 0.259. The molecule has 0 radical (unpaired) electrons. The summed E-state index contributed by atoms with van der Waals surface area (Å²) in [6, 6.07) is 24.8. The van der Waals surface area contributed by atoms with Gasteiger partial charge in [-0.1, -0.05) is 72.3 Å². The number of carboxylic acids is 1. The fourth-order valence-corrected chi connectivity index (χ4v) is 4.49. The first-order valence-electron chi connectivity index (χ1n) is 10.8. The first-order valence-corrected chi connectivity index (χ1v) is 10.8. The van der Waals surface area contributed by atoms with Crippen LogP contribution < -0.4 is 0 Å². The molecule has 2 atom stereocenters. The number of amides is 1. The van der Waals surface area contributed by atoms with Gasteiger partial charge in [-0.25, -0.2) is 0 Å². The summed E-state index contributed by atoms with van der Waals surface area (Å²) in [5.41, 5.74) is 3.21. The van der Waals surface area contributed by atoms with Crippen LogP contribution in [0.3, 0.4) is 0 Å². The first-order chi connectivity index (χ1) is 15.4. The van der Waals surface area contributed by atoms with E-state index in [1.807, 2.05) is 73.7 Å². The van der Waals surface area contributed by atoms with Gasteiger partial charge in [0.15, 0.2) is 0 Å². The second-order valence-corrected chi connectivity index (χ2v) is 8.59. The maximum absolute atomic E-state index is 13.2. The lowest BCUT2D eigenvalue weighted by Crippen LogP contribution is -2.57. The molecule has 3 aromatic rings. The zero-order valence-corrected chi connectivity index (χ0v) is 18.1. The number of likely N-dealkylation sites (tertiary alicyclic amines) is 1. The molecule has 0 aliphatic carbocycles. The molecule has 0 unspecified atom stereocenters. The van der Waals surface area contributed by atoms with Crippen LogP contribution in [0.25, 0.3) is 11.1 Å². The Balaban J connectivity index is 1.53. The van der Waals surface area contributed by atoms with Crippen molar-refractivity contribution in [3.05, 3.63) is 95.6 Å². The highest BCUT2D eigenvalue weighted by Gasteiger charge is 2.49. The van der Waals surface area contributed by atoms with Crippen LogP contribution in [0.15, 0.2) is 78.9 Å². The molecule has 0 spiro atoms. The number of β-amino-alcohol motifs (C(OH)–C–C–N with tert-alkyl or cyclic N) is 1. The topological polar surface area (TPSA) is 77.8 Å². The van der Waals surface area contributed by atoms with Gasteiger partial charge in [-0.3, -0.25) is 9.59 Å². The molecule has 0 aromatic heterocycles. The van der Waals surface area contributed by atoms with Crippen LogP contribution in [0.2, 0.25) is 0 Å². The number of hydrogen-bond acceptors (Lipinski definition) is 3. The molecule has 2 N–H and O–H groups in total. The van der Waals surface area contributed by atoms with E-state index in [1.54, 1.807) is 11.0 Å². The van der Waals surface area contributed by atoms with Crippen LogP contribution in [-0.4, -0.2) is 46.2 Å². The van der Waals surface area contributed by atoms with E-state index >= 15 is 0 Å². The van der Waals surface area contributed by atoms with Crippen molar-refractivity contribution in [1.29, 1.82) is 0 Å². The van der Waals surface area contributed by atoms with E-state index in [9.17, 15) is 19.8 Å². The van der Waals surface area contributed by atoms with Crippen molar-refractivity contribution in [2.45, 2.75) is 25.9 Å². The summed E-state index contributed by atoms with van der Waals surface area (Å²) in [5.74, 6) is -1.22. The summed E-state index contributed by atoms with van der Waals surface area (Å²) < 4.78 is 0. The predicted molar refractivity (Wildman–Crippen MR) is 123 cm³/mol. The maximum atomic E-state index is 13.2. The fourth-order valence-electron chi connectivity index (χ4n) is 4.49. The van der Waals surface area contributed by atoms with Crippen molar-refractivity contribution in [3.8, 4) is 11.1 Å². The first kappa shape index (κ1) is 21.8. The van der Waals surface area contributed by atoms with Crippen molar-refractivity contribution in [2.75, 3.05) is 13.1 Å². The molecule has 4 rings (SSSR count). The molecule has 5 nitrogen and oxygen atoms in total. The van der Waals surface area contributed by atoms with E-state index in [-0.39, 0.29) is 31.8 Å². The zero-order valence-electron chi connectivity index (χ0n) is 18.1. The Morgan fingerprint density at radius 2 is 1.66 bits per heavy atom. The van der Waals surface area contributed by atoms with Gasteiger partial charge in [-0.2, -0.15) is 0 Å². The van der Waals surface area contributed by atoms with E-state index in [2.05, 4.69) is 6.07 Å². The van der Waals surface area contributed by atoms with E-state index in [1.165, 1.54) is 0 Å². The minimum Gasteiger partial charge on any atom is -0.481 e. The van der Waals surface area contributed by atoms with Crippen LogP contribution in [0.5, 0.6) is 0 Å². The molecular weight excluding hydrogens is 402 g/mol. The van der Waals surface area contributed by atoms with Gasteiger partial charge in [0, 0.05) is 18.7 Å². The number of nitrogens with zero attached hydrogens (tertiary/aromatic N) is 1. The Morgan fingerprint density at radius 1 is 0.969 bits per heavy atom. The number of aliphatic carboxylic acids is 1. The quantitative estimate of drug-likeness (QED) is 0.638. The number of carbonyl (C=O) groups is 2. The highest BCUT2D eigenvalue weighted by molar-refractivity contribution is 5.95. The monoisotopic (exact) mass is 429 g/mol. The third-order valence-corrected chi connectivity index (χ3v) is 6.40. The SMILES string of the molecule is Cc1cccc(-c2cccc(C(=O)N3CC[C@](Cc4ccccc4)(C(=O)O)[C@@H](O)C3)c2)c1. The number of piperidine rings is 1. The van der Waals surface area contributed by atoms with Crippen LogP contribution in [0.1, 0.15) is 27.9 Å². The number of carboxylic acid groups (broad SMARTS) is 1. The summed E-state index contributed by atoms with van der Waals surface area (Å²) in [4.78, 5) is 27.0. The van der Waals surface area contributed by atoms with E-state index in [0.717, 1.165) is 22.3 Å². The van der Waals surface area contributed by atoms with Gasteiger partial charge in [-0.15, -0.1) is 0 Å². The molecule has 1 saturated heterocycles. The smallest absolute Gasteiger partial charge is 0.312 e. The van der Waals surface area contributed by atoms with Crippen molar-refractivity contribution in [2.24, 2.45) is 5.41 Å². The predicted octanol–water partition coefficient (Wildman–Crippen LogP) is 4.18. The van der Waals surface area contributed by atoms with E-state index < -0.39 is 17.5 Å². The van der Waals surface area contributed by atoms with Crippen LogP contribution in [-0.2, 0) is 11.2 Å².